The van der Waals surface area contributed by atoms with Crippen LogP contribution in [0.15, 0.2) is 97.2 Å². The Hall–Kier alpha value is -4.85. The summed E-state index contributed by atoms with van der Waals surface area (Å²) in [4.78, 5) is 42.6. The SMILES string of the molecule is Cc1ccc(CN(C(=O)c2ccc([N+](=O)[O-])cc2)c2cccc(CC(=O)NCCc3ccccn3)c2)cc1. The van der Waals surface area contributed by atoms with Gasteiger partial charge in [0.05, 0.1) is 17.9 Å². The number of nitrogens with zero attached hydrogens (tertiary/aromatic N) is 3. The summed E-state index contributed by atoms with van der Waals surface area (Å²) in [6.07, 6.45) is 2.53. The summed E-state index contributed by atoms with van der Waals surface area (Å²) in [5.41, 5.74) is 4.60. The van der Waals surface area contributed by atoms with E-state index in [4.69, 9.17) is 0 Å². The van der Waals surface area contributed by atoms with Crippen LogP contribution in [-0.4, -0.2) is 28.3 Å². The Balaban J connectivity index is 1.51. The molecule has 2 amide bonds. The highest BCUT2D eigenvalue weighted by atomic mass is 16.6. The Kier molecular flexibility index (Phi) is 8.56. The summed E-state index contributed by atoms with van der Waals surface area (Å²) in [5.74, 6) is -0.415. The third-order valence-corrected chi connectivity index (χ3v) is 6.05. The average Bonchev–Trinajstić information content (AvgIpc) is 2.93. The van der Waals surface area contributed by atoms with Crippen LogP contribution >= 0.6 is 0 Å². The number of benzene rings is 3. The second kappa shape index (κ2) is 12.4. The Bertz CT molecular complexity index is 1400. The number of amides is 2. The molecule has 0 aliphatic rings. The quantitative estimate of drug-likeness (QED) is 0.238. The van der Waals surface area contributed by atoms with E-state index in [1.165, 1.54) is 24.3 Å². The molecule has 0 fully saturated rings. The van der Waals surface area contributed by atoms with Crippen LogP contribution in [0.2, 0.25) is 0 Å². The number of aromatic nitrogens is 1. The van der Waals surface area contributed by atoms with E-state index in [2.05, 4.69) is 10.3 Å². The predicted octanol–water partition coefficient (Wildman–Crippen LogP) is 5.05. The first-order chi connectivity index (χ1) is 18.4. The second-order valence-electron chi connectivity index (χ2n) is 8.95. The van der Waals surface area contributed by atoms with Gasteiger partial charge in [-0.05, 0) is 54.4 Å². The van der Waals surface area contributed by atoms with Gasteiger partial charge in [0.2, 0.25) is 5.91 Å². The molecule has 0 bridgehead atoms. The van der Waals surface area contributed by atoms with Gasteiger partial charge in [-0.2, -0.15) is 0 Å². The maximum atomic E-state index is 13.6. The summed E-state index contributed by atoms with van der Waals surface area (Å²) < 4.78 is 0. The van der Waals surface area contributed by atoms with Crippen molar-refractivity contribution in [2.75, 3.05) is 11.4 Å². The topological polar surface area (TPSA) is 105 Å². The largest absolute Gasteiger partial charge is 0.355 e. The van der Waals surface area contributed by atoms with Crippen LogP contribution in [0.1, 0.15) is 32.7 Å². The fourth-order valence-electron chi connectivity index (χ4n) is 4.00. The van der Waals surface area contributed by atoms with Gasteiger partial charge in [0.25, 0.3) is 11.6 Å². The molecule has 0 spiro atoms. The van der Waals surface area contributed by atoms with E-state index >= 15 is 0 Å². The molecule has 192 valence electrons. The number of nitrogens with one attached hydrogen (secondary N) is 1. The van der Waals surface area contributed by atoms with Crippen molar-refractivity contribution in [1.82, 2.24) is 10.3 Å². The van der Waals surface area contributed by atoms with Crippen LogP contribution in [-0.2, 0) is 24.2 Å². The fourth-order valence-corrected chi connectivity index (χ4v) is 4.00. The van der Waals surface area contributed by atoms with E-state index in [-0.39, 0.29) is 23.9 Å². The lowest BCUT2D eigenvalue weighted by atomic mass is 10.1. The molecule has 0 aliphatic heterocycles. The molecule has 0 radical (unpaired) electrons. The third kappa shape index (κ3) is 7.10. The molecule has 1 N–H and O–H groups in total. The van der Waals surface area contributed by atoms with E-state index in [0.717, 1.165) is 22.4 Å². The molecule has 1 heterocycles. The number of carbonyl (C=O) groups excluding carboxylic acids is 2. The van der Waals surface area contributed by atoms with E-state index in [0.29, 0.717) is 30.8 Å². The molecular formula is C30H28N4O4. The van der Waals surface area contributed by atoms with Crippen LogP contribution in [0.4, 0.5) is 11.4 Å². The lowest BCUT2D eigenvalue weighted by molar-refractivity contribution is -0.384. The molecule has 8 heteroatoms. The van der Waals surface area contributed by atoms with Gasteiger partial charge in [-0.15, -0.1) is 0 Å². The maximum Gasteiger partial charge on any atom is 0.269 e. The zero-order valence-electron chi connectivity index (χ0n) is 21.0. The van der Waals surface area contributed by atoms with E-state index in [9.17, 15) is 19.7 Å². The number of rotatable bonds is 10. The summed E-state index contributed by atoms with van der Waals surface area (Å²) in [5, 5.41) is 14.0. The molecule has 0 saturated carbocycles. The molecule has 0 unspecified atom stereocenters. The summed E-state index contributed by atoms with van der Waals surface area (Å²) in [6.45, 7) is 2.78. The fraction of sp³-hybridized carbons (Fsp3) is 0.167. The molecular weight excluding hydrogens is 480 g/mol. The van der Waals surface area contributed by atoms with E-state index in [1.54, 1.807) is 11.1 Å². The minimum absolute atomic E-state index is 0.0808. The highest BCUT2D eigenvalue weighted by molar-refractivity contribution is 6.06. The number of anilines is 1. The van der Waals surface area contributed by atoms with Gasteiger partial charge in [0.1, 0.15) is 0 Å². The van der Waals surface area contributed by atoms with Crippen molar-refractivity contribution >= 4 is 23.2 Å². The first kappa shape index (κ1) is 26.2. The van der Waals surface area contributed by atoms with Gasteiger partial charge in [0.15, 0.2) is 0 Å². The normalized spacial score (nSPS) is 10.6. The molecule has 0 aliphatic carbocycles. The van der Waals surface area contributed by atoms with Crippen molar-refractivity contribution in [1.29, 1.82) is 0 Å². The Morgan fingerprint density at radius 2 is 1.68 bits per heavy atom. The lowest BCUT2D eigenvalue weighted by Gasteiger charge is -2.24. The van der Waals surface area contributed by atoms with E-state index < -0.39 is 4.92 Å². The number of pyridine rings is 1. The van der Waals surface area contributed by atoms with E-state index in [1.807, 2.05) is 73.7 Å². The first-order valence-corrected chi connectivity index (χ1v) is 12.3. The van der Waals surface area contributed by atoms with Crippen molar-refractivity contribution in [2.24, 2.45) is 0 Å². The molecule has 3 aromatic carbocycles. The Labute approximate surface area is 221 Å². The zero-order valence-corrected chi connectivity index (χ0v) is 21.0. The minimum atomic E-state index is -0.497. The standard InChI is InChI=1S/C30H28N4O4/c1-22-8-10-23(11-9-22)21-33(30(36)25-12-14-27(15-13-25)34(37)38)28-7-4-5-24(19-28)20-29(35)32-18-16-26-6-2-3-17-31-26/h2-15,17,19H,16,18,20-21H2,1H3,(H,32,35). The van der Waals surface area contributed by atoms with Crippen molar-refractivity contribution in [3.8, 4) is 0 Å². The van der Waals surface area contributed by atoms with Crippen molar-refractivity contribution < 1.29 is 14.5 Å². The highest BCUT2D eigenvalue weighted by Gasteiger charge is 2.20. The van der Waals surface area contributed by atoms with Gasteiger partial charge in [0, 0.05) is 48.2 Å². The number of non-ortho nitro benzene ring substituents is 1. The van der Waals surface area contributed by atoms with Gasteiger partial charge >= 0.3 is 0 Å². The first-order valence-electron chi connectivity index (χ1n) is 12.3. The smallest absolute Gasteiger partial charge is 0.269 e. The number of carbonyl (C=O) groups is 2. The van der Waals surface area contributed by atoms with Crippen LogP contribution in [0.3, 0.4) is 0 Å². The van der Waals surface area contributed by atoms with Gasteiger partial charge < -0.3 is 10.2 Å². The summed E-state index contributed by atoms with van der Waals surface area (Å²) >= 11 is 0. The Morgan fingerprint density at radius 1 is 0.921 bits per heavy atom. The van der Waals surface area contributed by atoms with Crippen LogP contribution < -0.4 is 10.2 Å². The van der Waals surface area contributed by atoms with Crippen LogP contribution in [0, 0.1) is 17.0 Å². The van der Waals surface area contributed by atoms with Crippen LogP contribution in [0.5, 0.6) is 0 Å². The zero-order chi connectivity index (χ0) is 26.9. The minimum Gasteiger partial charge on any atom is -0.355 e. The Morgan fingerprint density at radius 3 is 2.37 bits per heavy atom. The average molecular weight is 509 g/mol. The second-order valence-corrected chi connectivity index (χ2v) is 8.95. The number of nitro groups is 1. The van der Waals surface area contributed by atoms with Crippen LogP contribution in [0.25, 0.3) is 0 Å². The molecule has 4 rings (SSSR count). The van der Waals surface area contributed by atoms with Crippen molar-refractivity contribution in [3.63, 3.8) is 0 Å². The lowest BCUT2D eigenvalue weighted by Crippen LogP contribution is -2.31. The van der Waals surface area contributed by atoms with Crippen molar-refractivity contribution in [3.05, 3.63) is 135 Å². The number of hydrogen-bond donors (Lipinski definition) is 1. The molecule has 8 nitrogen and oxygen atoms in total. The van der Waals surface area contributed by atoms with Gasteiger partial charge in [-0.1, -0.05) is 48.0 Å². The van der Waals surface area contributed by atoms with Gasteiger partial charge in [-0.25, -0.2) is 0 Å². The van der Waals surface area contributed by atoms with Crippen molar-refractivity contribution in [2.45, 2.75) is 26.3 Å². The number of hydrogen-bond acceptors (Lipinski definition) is 5. The van der Waals surface area contributed by atoms with Gasteiger partial charge in [-0.3, -0.25) is 24.7 Å². The summed E-state index contributed by atoms with van der Waals surface area (Å²) in [7, 11) is 0. The predicted molar refractivity (Wildman–Crippen MR) is 146 cm³/mol. The molecule has 38 heavy (non-hydrogen) atoms. The highest BCUT2D eigenvalue weighted by Crippen LogP contribution is 2.23. The number of nitro benzene ring substituents is 1. The maximum absolute atomic E-state index is 13.6. The third-order valence-electron chi connectivity index (χ3n) is 6.05. The monoisotopic (exact) mass is 508 g/mol. The molecule has 0 saturated heterocycles. The molecule has 4 aromatic rings. The molecule has 0 atom stereocenters. The summed E-state index contributed by atoms with van der Waals surface area (Å²) in [6, 6.07) is 26.4. The molecule has 1 aromatic heterocycles. The number of aryl methyl sites for hydroxylation is 1.